The predicted molar refractivity (Wildman–Crippen MR) is 81.8 cm³/mol. The van der Waals surface area contributed by atoms with Gasteiger partial charge in [-0.05, 0) is 38.0 Å². The van der Waals surface area contributed by atoms with E-state index in [-0.39, 0.29) is 5.54 Å². The Bertz CT molecular complexity index is 426. The van der Waals surface area contributed by atoms with Crippen molar-refractivity contribution in [3.05, 3.63) is 42.0 Å². The fourth-order valence-corrected chi connectivity index (χ4v) is 3.19. The topological polar surface area (TPSA) is 15.3 Å². The molecule has 3 heteroatoms. The average molecular weight is 262 g/mol. The first-order valence-corrected chi connectivity index (χ1v) is 7.38. The van der Waals surface area contributed by atoms with Gasteiger partial charge in [0, 0.05) is 30.6 Å². The summed E-state index contributed by atoms with van der Waals surface area (Å²) in [6, 6.07) is 8.63. The summed E-state index contributed by atoms with van der Waals surface area (Å²) < 4.78 is 2.49. The van der Waals surface area contributed by atoms with Crippen molar-refractivity contribution < 1.29 is 0 Å². The number of rotatable bonds is 4. The highest BCUT2D eigenvalue weighted by Crippen LogP contribution is 2.32. The lowest BCUT2D eigenvalue weighted by atomic mass is 9.98. The molecule has 0 fully saturated rings. The molecule has 1 heterocycles. The molecule has 0 radical (unpaired) electrons. The van der Waals surface area contributed by atoms with Crippen LogP contribution in [-0.2, 0) is 5.75 Å². The van der Waals surface area contributed by atoms with Crippen LogP contribution in [-0.4, -0.2) is 23.4 Å². The number of anilines is 1. The standard InChI is InChI=1S/C15H22N2S/c1-15(2)9-4-5-10-17(15)18-12-13-7-6-8-14(11-13)16-3/h4-8,11,16H,9-10,12H2,1-3H3. The zero-order chi connectivity index (χ0) is 13.0. The summed E-state index contributed by atoms with van der Waals surface area (Å²) in [6.07, 6.45) is 5.69. The van der Waals surface area contributed by atoms with Gasteiger partial charge in [0.2, 0.25) is 0 Å². The highest BCUT2D eigenvalue weighted by atomic mass is 32.2. The Morgan fingerprint density at radius 2 is 2.17 bits per heavy atom. The van der Waals surface area contributed by atoms with E-state index in [1.165, 1.54) is 11.3 Å². The molecule has 1 aromatic rings. The lowest BCUT2D eigenvalue weighted by molar-refractivity contribution is 0.259. The van der Waals surface area contributed by atoms with Gasteiger partial charge in [-0.2, -0.15) is 0 Å². The minimum absolute atomic E-state index is 0.264. The molecule has 0 aromatic heterocycles. The average Bonchev–Trinajstić information content (AvgIpc) is 2.37. The fourth-order valence-electron chi connectivity index (χ4n) is 2.09. The molecule has 0 aliphatic carbocycles. The minimum atomic E-state index is 0.264. The first-order valence-electron chi connectivity index (χ1n) is 6.44. The number of hydrogen-bond donors (Lipinski definition) is 1. The van der Waals surface area contributed by atoms with Crippen molar-refractivity contribution in [1.29, 1.82) is 0 Å². The molecule has 1 N–H and O–H groups in total. The zero-order valence-corrected chi connectivity index (χ0v) is 12.3. The summed E-state index contributed by atoms with van der Waals surface area (Å²) in [4.78, 5) is 0. The summed E-state index contributed by atoms with van der Waals surface area (Å²) in [5.41, 5.74) is 2.82. The summed E-state index contributed by atoms with van der Waals surface area (Å²) in [5, 5.41) is 3.19. The van der Waals surface area contributed by atoms with Gasteiger partial charge in [-0.15, -0.1) is 0 Å². The maximum absolute atomic E-state index is 3.19. The van der Waals surface area contributed by atoms with E-state index >= 15 is 0 Å². The van der Waals surface area contributed by atoms with Crippen LogP contribution < -0.4 is 5.32 Å². The molecule has 0 unspecified atom stereocenters. The monoisotopic (exact) mass is 262 g/mol. The highest BCUT2D eigenvalue weighted by molar-refractivity contribution is 7.96. The summed E-state index contributed by atoms with van der Waals surface area (Å²) in [6.45, 7) is 5.67. The predicted octanol–water partition coefficient (Wildman–Crippen LogP) is 3.92. The van der Waals surface area contributed by atoms with Crippen LogP contribution in [0.4, 0.5) is 5.69 Å². The van der Waals surface area contributed by atoms with Gasteiger partial charge in [-0.1, -0.05) is 36.2 Å². The van der Waals surface area contributed by atoms with Gasteiger partial charge in [0.1, 0.15) is 0 Å². The second-order valence-electron chi connectivity index (χ2n) is 5.27. The molecule has 18 heavy (non-hydrogen) atoms. The highest BCUT2D eigenvalue weighted by Gasteiger charge is 2.27. The van der Waals surface area contributed by atoms with E-state index in [0.717, 1.165) is 18.7 Å². The lowest BCUT2D eigenvalue weighted by Gasteiger charge is -2.38. The van der Waals surface area contributed by atoms with Crippen molar-refractivity contribution in [2.75, 3.05) is 18.9 Å². The molecule has 1 aliphatic heterocycles. The van der Waals surface area contributed by atoms with Gasteiger partial charge in [-0.25, -0.2) is 4.31 Å². The van der Waals surface area contributed by atoms with Crippen molar-refractivity contribution in [3.63, 3.8) is 0 Å². The van der Waals surface area contributed by atoms with E-state index < -0.39 is 0 Å². The van der Waals surface area contributed by atoms with Gasteiger partial charge >= 0.3 is 0 Å². The van der Waals surface area contributed by atoms with Crippen LogP contribution >= 0.6 is 11.9 Å². The van der Waals surface area contributed by atoms with Gasteiger partial charge in [0.05, 0.1) is 0 Å². The third-order valence-electron chi connectivity index (χ3n) is 3.33. The van der Waals surface area contributed by atoms with Crippen LogP contribution in [0.5, 0.6) is 0 Å². The lowest BCUT2D eigenvalue weighted by Crippen LogP contribution is -2.40. The smallest absolute Gasteiger partial charge is 0.0340 e. The summed E-state index contributed by atoms with van der Waals surface area (Å²) in [5.74, 6) is 1.03. The van der Waals surface area contributed by atoms with E-state index in [1.54, 1.807) is 0 Å². The van der Waals surface area contributed by atoms with Gasteiger partial charge in [-0.3, -0.25) is 0 Å². The maximum Gasteiger partial charge on any atom is 0.0340 e. The van der Waals surface area contributed by atoms with Crippen molar-refractivity contribution in [2.45, 2.75) is 31.6 Å². The molecule has 1 aliphatic rings. The zero-order valence-electron chi connectivity index (χ0n) is 11.4. The molecule has 0 amide bonds. The molecular weight excluding hydrogens is 240 g/mol. The van der Waals surface area contributed by atoms with E-state index in [2.05, 4.69) is 59.9 Å². The Morgan fingerprint density at radius 3 is 2.89 bits per heavy atom. The first kappa shape index (κ1) is 13.5. The molecule has 2 nitrogen and oxygen atoms in total. The maximum atomic E-state index is 3.19. The van der Waals surface area contributed by atoms with Crippen molar-refractivity contribution in [1.82, 2.24) is 4.31 Å². The molecule has 0 spiro atoms. The van der Waals surface area contributed by atoms with E-state index in [9.17, 15) is 0 Å². The fraction of sp³-hybridized carbons (Fsp3) is 0.467. The van der Waals surface area contributed by atoms with Gasteiger partial charge in [0.25, 0.3) is 0 Å². The van der Waals surface area contributed by atoms with Crippen LogP contribution in [0, 0.1) is 0 Å². The quantitative estimate of drug-likeness (QED) is 0.654. The number of nitrogens with zero attached hydrogens (tertiary/aromatic N) is 1. The molecule has 2 rings (SSSR count). The van der Waals surface area contributed by atoms with Crippen molar-refractivity contribution in [3.8, 4) is 0 Å². The summed E-state index contributed by atoms with van der Waals surface area (Å²) in [7, 11) is 1.96. The van der Waals surface area contributed by atoms with Crippen molar-refractivity contribution in [2.24, 2.45) is 0 Å². The second-order valence-corrected chi connectivity index (χ2v) is 6.26. The third kappa shape index (κ3) is 3.30. The number of hydrogen-bond acceptors (Lipinski definition) is 3. The molecular formula is C15H22N2S. The molecule has 0 saturated carbocycles. The molecule has 0 bridgehead atoms. The van der Waals surface area contributed by atoms with Gasteiger partial charge in [0.15, 0.2) is 0 Å². The van der Waals surface area contributed by atoms with Crippen LogP contribution in [0.2, 0.25) is 0 Å². The molecule has 1 aromatic carbocycles. The van der Waals surface area contributed by atoms with Crippen LogP contribution in [0.1, 0.15) is 25.8 Å². The van der Waals surface area contributed by atoms with E-state index in [4.69, 9.17) is 0 Å². The Kier molecular flexibility index (Phi) is 4.36. The Morgan fingerprint density at radius 1 is 1.33 bits per heavy atom. The van der Waals surface area contributed by atoms with E-state index in [0.29, 0.717) is 0 Å². The van der Waals surface area contributed by atoms with Crippen LogP contribution in [0.25, 0.3) is 0 Å². The Hall–Kier alpha value is -0.930. The summed E-state index contributed by atoms with van der Waals surface area (Å²) >= 11 is 1.93. The molecule has 98 valence electrons. The Balaban J connectivity index is 1.96. The largest absolute Gasteiger partial charge is 0.388 e. The Labute approximate surface area is 115 Å². The van der Waals surface area contributed by atoms with Crippen molar-refractivity contribution >= 4 is 17.6 Å². The van der Waals surface area contributed by atoms with Gasteiger partial charge < -0.3 is 5.32 Å². The first-order chi connectivity index (χ1) is 8.62. The number of nitrogens with one attached hydrogen (secondary N) is 1. The van der Waals surface area contributed by atoms with Crippen LogP contribution in [0.15, 0.2) is 36.4 Å². The SMILES string of the molecule is CNc1cccc(CSN2CC=CCC2(C)C)c1. The normalized spacial score (nSPS) is 18.8. The minimum Gasteiger partial charge on any atom is -0.388 e. The van der Waals surface area contributed by atoms with E-state index in [1.807, 2.05) is 19.0 Å². The van der Waals surface area contributed by atoms with Crippen LogP contribution in [0.3, 0.4) is 0 Å². The molecule has 0 atom stereocenters. The number of benzene rings is 1. The second kappa shape index (κ2) is 5.81. The molecule has 0 saturated heterocycles. The third-order valence-corrected chi connectivity index (χ3v) is 4.75.